The Kier molecular flexibility index (Phi) is 7.89. The molecule has 5 nitrogen and oxygen atoms in total. The highest BCUT2D eigenvalue weighted by Crippen LogP contribution is 2.43. The summed E-state index contributed by atoms with van der Waals surface area (Å²) in [6.07, 6.45) is -2.06. The molecule has 0 spiro atoms. The maximum absolute atomic E-state index is 13.4. The zero-order valence-electron chi connectivity index (χ0n) is 19.6. The number of carbonyl (C=O) groups is 2. The molecule has 0 aromatic heterocycles. The third-order valence-corrected chi connectivity index (χ3v) is 5.97. The van der Waals surface area contributed by atoms with Crippen molar-refractivity contribution in [2.24, 2.45) is 0 Å². The molecular weight excluding hydrogens is 438 g/mol. The average Bonchev–Trinajstić information content (AvgIpc) is 2.84. The van der Waals surface area contributed by atoms with Crippen molar-refractivity contribution >= 4 is 23.8 Å². The predicted molar refractivity (Wildman–Crippen MR) is 129 cm³/mol. The lowest BCUT2D eigenvalue weighted by molar-refractivity contribution is -0.165. The first kappa shape index (κ1) is 23.2. The zero-order chi connectivity index (χ0) is 24.7. The molecule has 3 rings (SSSR count). The van der Waals surface area contributed by atoms with Crippen LogP contribution in [0.3, 0.4) is 0 Å². The molecule has 0 amide bonds. The lowest BCUT2D eigenvalue weighted by Gasteiger charge is -2.37. The first-order valence-electron chi connectivity index (χ1n) is 11.3. The smallest absolute Gasteiger partial charge is 0.338 e. The highest BCUT2D eigenvalue weighted by Gasteiger charge is 2.44. The summed E-state index contributed by atoms with van der Waals surface area (Å²) < 4.78 is 13.3. The van der Waals surface area contributed by atoms with Crippen molar-refractivity contribution in [1.82, 2.24) is 5.32 Å². The van der Waals surface area contributed by atoms with E-state index in [-0.39, 0.29) is 6.54 Å². The lowest BCUT2D eigenvalue weighted by Crippen LogP contribution is -2.48. The maximum Gasteiger partial charge on any atom is 0.338 e. The van der Waals surface area contributed by atoms with Gasteiger partial charge in [-0.2, -0.15) is 0 Å². The van der Waals surface area contributed by atoms with Crippen LogP contribution in [0.2, 0.25) is 5.02 Å². The van der Waals surface area contributed by atoms with E-state index in [0.29, 0.717) is 28.1 Å². The second kappa shape index (κ2) is 11.2. The van der Waals surface area contributed by atoms with Crippen molar-refractivity contribution in [2.75, 3.05) is 6.54 Å². The highest BCUT2D eigenvalue weighted by atomic mass is 35.5. The Hall–Kier alpha value is -2.99. The van der Waals surface area contributed by atoms with Gasteiger partial charge in [-0.05, 0) is 19.4 Å². The van der Waals surface area contributed by atoms with Gasteiger partial charge in [0.25, 0.3) is 0 Å². The van der Waals surface area contributed by atoms with Gasteiger partial charge in [0.2, 0.25) is 0 Å². The number of aliphatic hydroxyl groups excluding tert-OH is 1. The van der Waals surface area contributed by atoms with Gasteiger partial charge in [-0.3, -0.25) is 0 Å². The van der Waals surface area contributed by atoms with E-state index in [0.717, 1.165) is 5.56 Å². The molecule has 2 unspecified atom stereocenters. The van der Waals surface area contributed by atoms with Crippen LogP contribution in [0.4, 0.5) is 0 Å². The molecule has 0 bridgehead atoms. The fourth-order valence-electron chi connectivity index (χ4n) is 3.89. The molecule has 0 saturated heterocycles. The number of carbonyl (C=O) groups excluding carboxylic acids is 2. The largest absolute Gasteiger partial charge is 0.442 e. The van der Waals surface area contributed by atoms with Gasteiger partial charge in [0, 0.05) is 27.8 Å². The quantitative estimate of drug-likeness (QED) is 0.262. The number of aliphatic hydroxyl groups is 1. The summed E-state index contributed by atoms with van der Waals surface area (Å²) in [5.41, 5.74) is 1.48. The van der Waals surface area contributed by atoms with E-state index in [1.165, 1.54) is 0 Å². The Morgan fingerprint density at radius 1 is 1.09 bits per heavy atom. The van der Waals surface area contributed by atoms with Gasteiger partial charge in [-0.15, -0.1) is 0 Å². The highest BCUT2D eigenvalue weighted by molar-refractivity contribution is 6.31. The molecule has 0 radical (unpaired) electrons. The Morgan fingerprint density at radius 2 is 1.70 bits per heavy atom. The third kappa shape index (κ3) is 5.33. The fraction of sp³-hybridized carbons (Fsp3) is 0.259. The van der Waals surface area contributed by atoms with Crippen LogP contribution in [-0.2, 0) is 19.9 Å². The van der Waals surface area contributed by atoms with Crippen molar-refractivity contribution in [3.8, 4) is 0 Å². The van der Waals surface area contributed by atoms with Crippen LogP contribution in [0, 0.1) is 6.92 Å². The topological polar surface area (TPSA) is 75.6 Å². The molecule has 0 saturated carbocycles. The molecule has 3 aromatic carbocycles. The predicted octanol–water partition coefficient (Wildman–Crippen LogP) is 4.41. The number of benzene rings is 3. The molecule has 3 atom stereocenters. The van der Waals surface area contributed by atoms with Crippen molar-refractivity contribution in [1.29, 1.82) is 0 Å². The number of rotatable bonds is 10. The number of hydrogen-bond donors (Lipinski definition) is 2. The standard InChI is InChI=1S/C27H28ClNO4/c1-3-24(29-17-18-30)25(31)26(32)33-27(20-9-5-4-6-10-20,21-15-13-19(2)14-16-21)22-11-7-8-12-23(22)28/h4-16,18,24-25,29,31H,3,17H2,1-2H3/t24-,25?,27?/m0/s1/i18T. The molecule has 0 aliphatic rings. The molecular formula is C27H28ClNO4. The van der Waals surface area contributed by atoms with Gasteiger partial charge in [-0.1, -0.05) is 96.9 Å². The Balaban J connectivity index is 2.16. The molecule has 172 valence electrons. The fourth-order valence-corrected chi connectivity index (χ4v) is 4.15. The molecule has 3 aromatic rings. The minimum Gasteiger partial charge on any atom is -0.442 e. The SMILES string of the molecule is [3H]C(=O)CN[C@@H](CC)C(O)C(=O)OC(c1ccccc1)(c1ccc(C)cc1)c1ccccc1Cl. The third-order valence-electron chi connectivity index (χ3n) is 5.64. The zero-order valence-corrected chi connectivity index (χ0v) is 19.4. The molecule has 0 fully saturated rings. The van der Waals surface area contributed by atoms with Crippen molar-refractivity contribution in [3.05, 3.63) is 106 Å². The van der Waals surface area contributed by atoms with Crippen LogP contribution in [0.15, 0.2) is 78.9 Å². The van der Waals surface area contributed by atoms with E-state index in [1.807, 2.05) is 67.6 Å². The van der Waals surface area contributed by atoms with Crippen molar-refractivity contribution in [3.63, 3.8) is 0 Å². The van der Waals surface area contributed by atoms with E-state index >= 15 is 0 Å². The normalized spacial score (nSPS) is 15.1. The molecule has 0 heterocycles. The van der Waals surface area contributed by atoms with Gasteiger partial charge in [0.05, 0.1) is 6.54 Å². The van der Waals surface area contributed by atoms with E-state index in [2.05, 4.69) is 5.32 Å². The van der Waals surface area contributed by atoms with Gasteiger partial charge < -0.3 is 20.0 Å². The monoisotopic (exact) mass is 467 g/mol. The number of aryl methyl sites for hydroxylation is 1. The first-order valence-corrected chi connectivity index (χ1v) is 11.2. The van der Waals surface area contributed by atoms with Crippen LogP contribution in [-0.4, -0.2) is 36.0 Å². The molecule has 0 aliphatic heterocycles. The summed E-state index contributed by atoms with van der Waals surface area (Å²) >= 11 is 6.65. The summed E-state index contributed by atoms with van der Waals surface area (Å²) in [6, 6.07) is 23.2. The van der Waals surface area contributed by atoms with Crippen molar-refractivity contribution in [2.45, 2.75) is 38.0 Å². The van der Waals surface area contributed by atoms with Crippen LogP contribution in [0.25, 0.3) is 0 Å². The number of halogens is 1. The molecule has 6 heteroatoms. The Morgan fingerprint density at radius 3 is 2.30 bits per heavy atom. The van der Waals surface area contributed by atoms with E-state index in [9.17, 15) is 14.7 Å². The number of ether oxygens (including phenoxy) is 1. The Labute approximate surface area is 200 Å². The molecule has 0 aliphatic carbocycles. The van der Waals surface area contributed by atoms with Crippen LogP contribution >= 0.6 is 11.6 Å². The van der Waals surface area contributed by atoms with E-state index in [1.54, 1.807) is 25.1 Å². The van der Waals surface area contributed by atoms with Gasteiger partial charge in [0.1, 0.15) is 7.63 Å². The first-order chi connectivity index (χ1) is 16.3. The molecule has 33 heavy (non-hydrogen) atoms. The summed E-state index contributed by atoms with van der Waals surface area (Å²) in [5.74, 6) is -0.874. The van der Waals surface area contributed by atoms with E-state index in [4.69, 9.17) is 17.7 Å². The van der Waals surface area contributed by atoms with Gasteiger partial charge in [-0.25, -0.2) is 4.79 Å². The summed E-state index contributed by atoms with van der Waals surface area (Å²) in [7, 11) is 0. The average molecular weight is 468 g/mol. The second-order valence-electron chi connectivity index (χ2n) is 7.80. The van der Waals surface area contributed by atoms with Gasteiger partial charge >= 0.3 is 5.97 Å². The van der Waals surface area contributed by atoms with E-state index < -0.39 is 30.0 Å². The van der Waals surface area contributed by atoms with Crippen molar-refractivity contribution < 1.29 is 20.8 Å². The lowest BCUT2D eigenvalue weighted by atomic mass is 9.79. The maximum atomic E-state index is 13.4. The summed E-state index contributed by atoms with van der Waals surface area (Å²) in [6.45, 7) is 3.45. The minimum atomic E-state index is -1.57. The van der Waals surface area contributed by atoms with Gasteiger partial charge in [0.15, 0.2) is 11.7 Å². The number of nitrogens with one attached hydrogen (secondary N) is 1. The number of hydrogen-bond acceptors (Lipinski definition) is 5. The minimum absolute atomic E-state index is 0.283. The second-order valence-corrected chi connectivity index (χ2v) is 8.21. The van der Waals surface area contributed by atoms with Crippen LogP contribution in [0.5, 0.6) is 0 Å². The summed E-state index contributed by atoms with van der Waals surface area (Å²) in [5, 5.41) is 14.0. The van der Waals surface area contributed by atoms with Crippen LogP contribution < -0.4 is 5.32 Å². The van der Waals surface area contributed by atoms with Crippen LogP contribution in [0.1, 0.15) is 37.0 Å². The Bertz CT molecular complexity index is 1120. The number of esters is 1. The molecule has 2 N–H and O–H groups in total. The number of aldehydes is 1. The summed E-state index contributed by atoms with van der Waals surface area (Å²) in [4.78, 5) is 24.5.